The van der Waals surface area contributed by atoms with Crippen LogP contribution in [0.3, 0.4) is 0 Å². The van der Waals surface area contributed by atoms with Crippen molar-refractivity contribution in [2.24, 2.45) is 5.73 Å². The Morgan fingerprint density at radius 2 is 2.17 bits per heavy atom. The number of likely N-dealkylation sites (tertiary alicyclic amines) is 1. The average molecular weight is 319 g/mol. The van der Waals surface area contributed by atoms with Crippen molar-refractivity contribution in [1.29, 1.82) is 0 Å². The van der Waals surface area contributed by atoms with E-state index in [9.17, 15) is 14.3 Å². The van der Waals surface area contributed by atoms with Gasteiger partial charge in [-0.3, -0.25) is 9.69 Å². The molecule has 8 heteroatoms. The number of nitrogens with two attached hydrogens (primary N) is 1. The molecule has 0 bridgehead atoms. The number of halogens is 1. The highest BCUT2D eigenvalue weighted by Gasteiger charge is 2.27. The molecule has 0 saturated carbocycles. The third kappa shape index (κ3) is 3.54. The molecule has 7 nitrogen and oxygen atoms in total. The molecule has 1 aromatic carbocycles. The van der Waals surface area contributed by atoms with Crippen molar-refractivity contribution in [1.82, 2.24) is 19.9 Å². The summed E-state index contributed by atoms with van der Waals surface area (Å²) in [6, 6.07) is 5.95. The van der Waals surface area contributed by atoms with Crippen molar-refractivity contribution < 1.29 is 14.3 Å². The molecule has 2 atom stereocenters. The molecule has 1 aliphatic rings. The van der Waals surface area contributed by atoms with Crippen molar-refractivity contribution in [3.05, 3.63) is 47.5 Å². The van der Waals surface area contributed by atoms with E-state index >= 15 is 0 Å². The number of aromatic nitrogens is 3. The minimum absolute atomic E-state index is 0.0935. The molecular formula is C15H18FN5O2. The zero-order valence-corrected chi connectivity index (χ0v) is 12.5. The lowest BCUT2D eigenvalue weighted by Gasteiger charge is -2.20. The third-order valence-electron chi connectivity index (χ3n) is 4.07. The van der Waals surface area contributed by atoms with Crippen LogP contribution in [0.25, 0.3) is 0 Å². The minimum atomic E-state index is -0.675. The Hall–Kier alpha value is -2.32. The summed E-state index contributed by atoms with van der Waals surface area (Å²) in [7, 11) is 0. The highest BCUT2D eigenvalue weighted by Crippen LogP contribution is 2.23. The number of amides is 1. The van der Waals surface area contributed by atoms with Gasteiger partial charge in [-0.1, -0.05) is 17.3 Å². The maximum atomic E-state index is 12.9. The summed E-state index contributed by atoms with van der Waals surface area (Å²) in [4.78, 5) is 13.2. The fourth-order valence-corrected chi connectivity index (χ4v) is 2.80. The van der Waals surface area contributed by atoms with Crippen LogP contribution < -0.4 is 5.73 Å². The van der Waals surface area contributed by atoms with Gasteiger partial charge in [-0.2, -0.15) is 0 Å². The molecule has 3 rings (SSSR count). The molecule has 1 aliphatic heterocycles. The molecule has 2 aromatic rings. The second kappa shape index (κ2) is 6.43. The van der Waals surface area contributed by atoms with Crippen LogP contribution in [0.5, 0.6) is 0 Å². The number of hydrogen-bond acceptors (Lipinski definition) is 5. The van der Waals surface area contributed by atoms with Crippen LogP contribution in [0.15, 0.2) is 30.5 Å². The molecule has 1 aromatic heterocycles. The SMILES string of the molecule is NC(=O)c1cn(C2CCN(CC(O)c3ccc(F)cc3)C2)nn1. The maximum Gasteiger partial charge on any atom is 0.270 e. The van der Waals surface area contributed by atoms with Crippen LogP contribution >= 0.6 is 0 Å². The minimum Gasteiger partial charge on any atom is -0.387 e. The first-order valence-corrected chi connectivity index (χ1v) is 7.40. The Morgan fingerprint density at radius 3 is 2.83 bits per heavy atom. The number of benzene rings is 1. The van der Waals surface area contributed by atoms with E-state index in [0.29, 0.717) is 18.7 Å². The first-order valence-electron chi connectivity index (χ1n) is 7.40. The highest BCUT2D eigenvalue weighted by atomic mass is 19.1. The van der Waals surface area contributed by atoms with Gasteiger partial charge in [0.25, 0.3) is 5.91 Å². The Balaban J connectivity index is 1.58. The van der Waals surface area contributed by atoms with E-state index in [1.807, 2.05) is 0 Å². The number of nitrogens with zero attached hydrogens (tertiary/aromatic N) is 4. The summed E-state index contributed by atoms with van der Waals surface area (Å²) in [6.07, 6.45) is 1.72. The fourth-order valence-electron chi connectivity index (χ4n) is 2.80. The van der Waals surface area contributed by atoms with Crippen LogP contribution in [0.1, 0.15) is 34.6 Å². The quantitative estimate of drug-likeness (QED) is 0.836. The lowest BCUT2D eigenvalue weighted by Crippen LogP contribution is -2.27. The van der Waals surface area contributed by atoms with Gasteiger partial charge in [-0.15, -0.1) is 5.10 Å². The molecule has 0 spiro atoms. The molecule has 3 N–H and O–H groups in total. The predicted octanol–water partition coefficient (Wildman–Crippen LogP) is 0.496. The van der Waals surface area contributed by atoms with Gasteiger partial charge in [0, 0.05) is 19.6 Å². The lowest BCUT2D eigenvalue weighted by atomic mass is 10.1. The molecule has 2 unspecified atom stereocenters. The molecule has 122 valence electrons. The first-order chi connectivity index (χ1) is 11.0. The topological polar surface area (TPSA) is 97.3 Å². The van der Waals surface area contributed by atoms with Gasteiger partial charge < -0.3 is 10.8 Å². The molecule has 1 fully saturated rings. The number of carbonyl (C=O) groups is 1. The lowest BCUT2D eigenvalue weighted by molar-refractivity contribution is 0.0995. The normalized spacial score (nSPS) is 19.8. The number of primary amides is 1. The maximum absolute atomic E-state index is 12.9. The number of hydrogen-bond donors (Lipinski definition) is 2. The largest absolute Gasteiger partial charge is 0.387 e. The predicted molar refractivity (Wildman–Crippen MR) is 80.0 cm³/mol. The summed E-state index contributed by atoms with van der Waals surface area (Å²) >= 11 is 0. The Labute approximate surface area is 132 Å². The Kier molecular flexibility index (Phi) is 4.35. The van der Waals surface area contributed by atoms with E-state index in [-0.39, 0.29) is 17.6 Å². The Bertz CT molecular complexity index is 687. The average Bonchev–Trinajstić information content (AvgIpc) is 3.16. The molecular weight excluding hydrogens is 301 g/mol. The van der Waals surface area contributed by atoms with E-state index in [2.05, 4.69) is 15.2 Å². The summed E-state index contributed by atoms with van der Waals surface area (Å²) < 4.78 is 14.6. The first kappa shape index (κ1) is 15.6. The monoisotopic (exact) mass is 319 g/mol. The van der Waals surface area contributed by atoms with Crippen molar-refractivity contribution in [2.45, 2.75) is 18.6 Å². The van der Waals surface area contributed by atoms with E-state index in [4.69, 9.17) is 5.73 Å². The molecule has 23 heavy (non-hydrogen) atoms. The van der Waals surface area contributed by atoms with Gasteiger partial charge in [-0.05, 0) is 24.1 Å². The van der Waals surface area contributed by atoms with Crippen molar-refractivity contribution in [2.75, 3.05) is 19.6 Å². The van der Waals surface area contributed by atoms with E-state index < -0.39 is 12.0 Å². The van der Waals surface area contributed by atoms with Gasteiger partial charge in [0.15, 0.2) is 5.69 Å². The summed E-state index contributed by atoms with van der Waals surface area (Å²) in [5, 5.41) is 17.9. The summed E-state index contributed by atoms with van der Waals surface area (Å²) in [5.41, 5.74) is 6.00. The standard InChI is InChI=1S/C15H18FN5O2/c16-11-3-1-10(2-4-11)14(22)9-20-6-5-12(7-20)21-8-13(15(17)23)18-19-21/h1-4,8,12,14,22H,5-7,9H2,(H2,17,23). The Morgan fingerprint density at radius 1 is 1.43 bits per heavy atom. The zero-order valence-electron chi connectivity index (χ0n) is 12.5. The number of aliphatic hydroxyl groups is 1. The number of β-amino-alcohol motifs (C(OH)–C–C–N with tert-alkyl or cyclic N) is 1. The van der Waals surface area contributed by atoms with Crippen molar-refractivity contribution in [3.63, 3.8) is 0 Å². The molecule has 2 heterocycles. The van der Waals surface area contributed by atoms with Gasteiger partial charge >= 0.3 is 0 Å². The third-order valence-corrected chi connectivity index (χ3v) is 4.07. The second-order valence-electron chi connectivity index (χ2n) is 5.72. The van der Waals surface area contributed by atoms with Gasteiger partial charge in [0.1, 0.15) is 5.82 Å². The highest BCUT2D eigenvalue weighted by molar-refractivity contribution is 5.90. The van der Waals surface area contributed by atoms with E-state index in [0.717, 1.165) is 13.0 Å². The van der Waals surface area contributed by atoms with Crippen LogP contribution in [0.4, 0.5) is 4.39 Å². The zero-order chi connectivity index (χ0) is 16.4. The molecule has 1 saturated heterocycles. The van der Waals surface area contributed by atoms with Gasteiger partial charge in [0.2, 0.25) is 0 Å². The van der Waals surface area contributed by atoms with Gasteiger partial charge in [-0.25, -0.2) is 9.07 Å². The fraction of sp³-hybridized carbons (Fsp3) is 0.400. The smallest absolute Gasteiger partial charge is 0.270 e. The van der Waals surface area contributed by atoms with Gasteiger partial charge in [0.05, 0.1) is 18.3 Å². The summed E-state index contributed by atoms with van der Waals surface area (Å²) in [6.45, 7) is 1.95. The molecule has 1 amide bonds. The van der Waals surface area contributed by atoms with Crippen molar-refractivity contribution >= 4 is 5.91 Å². The van der Waals surface area contributed by atoms with Crippen molar-refractivity contribution in [3.8, 4) is 0 Å². The molecule has 0 radical (unpaired) electrons. The molecule has 0 aliphatic carbocycles. The van der Waals surface area contributed by atoms with Crippen LogP contribution in [0, 0.1) is 5.82 Å². The number of rotatable bonds is 5. The van der Waals surface area contributed by atoms with Crippen LogP contribution in [-0.4, -0.2) is 50.5 Å². The van der Waals surface area contributed by atoms with Crippen LogP contribution in [0.2, 0.25) is 0 Å². The summed E-state index contributed by atoms with van der Waals surface area (Å²) in [5.74, 6) is -0.920. The number of aliphatic hydroxyl groups excluding tert-OH is 1. The second-order valence-corrected chi connectivity index (χ2v) is 5.72. The number of carbonyl (C=O) groups excluding carboxylic acids is 1. The van der Waals surface area contributed by atoms with E-state index in [1.165, 1.54) is 12.1 Å². The van der Waals surface area contributed by atoms with E-state index in [1.54, 1.807) is 23.0 Å². The van der Waals surface area contributed by atoms with Crippen LogP contribution in [-0.2, 0) is 0 Å².